The van der Waals surface area contributed by atoms with Crippen LogP contribution in [0, 0.1) is 0 Å². The van der Waals surface area contributed by atoms with Crippen LogP contribution in [0.3, 0.4) is 0 Å². The van der Waals surface area contributed by atoms with Crippen molar-refractivity contribution >= 4 is 11.9 Å². The lowest BCUT2D eigenvalue weighted by Crippen LogP contribution is -2.30. The normalized spacial score (nSPS) is 11.4. The summed E-state index contributed by atoms with van der Waals surface area (Å²) < 4.78 is 15.9. The van der Waals surface area contributed by atoms with Gasteiger partial charge in [-0.25, -0.2) is 0 Å². The number of amides is 1. The number of methoxy groups -OCH3 is 2. The highest BCUT2D eigenvalue weighted by Crippen LogP contribution is 2.31. The molecule has 0 aliphatic rings. The van der Waals surface area contributed by atoms with Crippen LogP contribution < -0.4 is 19.5 Å². The molecular weight excluding hydrogens is 350 g/mol. The molecular formula is C20H23NO6. The van der Waals surface area contributed by atoms with Crippen LogP contribution in [0.4, 0.5) is 0 Å². The number of aliphatic carboxylic acids is 1. The van der Waals surface area contributed by atoms with E-state index in [1.807, 2.05) is 6.92 Å². The first-order valence-corrected chi connectivity index (χ1v) is 8.46. The minimum atomic E-state index is -1.03. The van der Waals surface area contributed by atoms with E-state index in [4.69, 9.17) is 14.2 Å². The molecule has 0 spiro atoms. The number of carboxylic acids is 1. The highest BCUT2D eigenvalue weighted by molar-refractivity contribution is 5.94. The number of hydrogen-bond donors (Lipinski definition) is 2. The summed E-state index contributed by atoms with van der Waals surface area (Å²) in [5, 5.41) is 12.0. The Morgan fingerprint density at radius 2 is 1.74 bits per heavy atom. The maximum Gasteiger partial charge on any atom is 0.305 e. The SMILES string of the molecule is CCOc1ccc([C@H](CC(=O)O)NC(=O)c2ccc(OC)cc2)cc1OC. The monoisotopic (exact) mass is 373 g/mol. The first-order chi connectivity index (χ1) is 13.0. The predicted molar refractivity (Wildman–Crippen MR) is 99.6 cm³/mol. The molecule has 1 atom stereocenters. The van der Waals surface area contributed by atoms with Crippen molar-refractivity contribution in [1.82, 2.24) is 5.32 Å². The molecule has 0 heterocycles. The van der Waals surface area contributed by atoms with Crippen molar-refractivity contribution in [2.24, 2.45) is 0 Å². The Hall–Kier alpha value is -3.22. The number of benzene rings is 2. The number of rotatable bonds is 9. The second-order valence-electron chi connectivity index (χ2n) is 5.70. The summed E-state index contributed by atoms with van der Waals surface area (Å²) in [4.78, 5) is 23.8. The zero-order chi connectivity index (χ0) is 19.8. The topological polar surface area (TPSA) is 94.1 Å². The van der Waals surface area contributed by atoms with E-state index in [0.717, 1.165) is 0 Å². The maximum absolute atomic E-state index is 12.5. The summed E-state index contributed by atoms with van der Waals surface area (Å²) in [7, 11) is 3.04. The Kier molecular flexibility index (Phi) is 7.05. The van der Waals surface area contributed by atoms with E-state index in [-0.39, 0.29) is 12.3 Å². The molecule has 0 saturated heterocycles. The molecule has 144 valence electrons. The molecule has 2 aromatic rings. The fourth-order valence-corrected chi connectivity index (χ4v) is 2.59. The summed E-state index contributed by atoms with van der Waals surface area (Å²) in [6.07, 6.45) is -0.265. The molecule has 0 unspecified atom stereocenters. The van der Waals surface area contributed by atoms with Crippen LogP contribution in [-0.4, -0.2) is 37.8 Å². The van der Waals surface area contributed by atoms with Crippen molar-refractivity contribution in [3.8, 4) is 17.2 Å². The van der Waals surface area contributed by atoms with E-state index in [9.17, 15) is 14.7 Å². The quantitative estimate of drug-likeness (QED) is 0.702. The molecule has 0 bridgehead atoms. The third-order valence-electron chi connectivity index (χ3n) is 3.93. The van der Waals surface area contributed by atoms with E-state index < -0.39 is 12.0 Å². The Balaban J connectivity index is 2.26. The van der Waals surface area contributed by atoms with Gasteiger partial charge in [-0.2, -0.15) is 0 Å². The predicted octanol–water partition coefficient (Wildman–Crippen LogP) is 3.05. The Labute approximate surface area is 157 Å². The van der Waals surface area contributed by atoms with Crippen LogP contribution in [0.25, 0.3) is 0 Å². The molecule has 27 heavy (non-hydrogen) atoms. The molecule has 0 saturated carbocycles. The first kappa shape index (κ1) is 20.1. The lowest BCUT2D eigenvalue weighted by Gasteiger charge is -2.19. The minimum absolute atomic E-state index is 0.265. The molecule has 2 rings (SSSR count). The molecule has 0 aromatic heterocycles. The maximum atomic E-state index is 12.5. The van der Waals surface area contributed by atoms with E-state index in [2.05, 4.69) is 5.32 Å². The summed E-state index contributed by atoms with van der Waals surface area (Å²) in [6, 6.07) is 10.9. The third kappa shape index (κ3) is 5.37. The van der Waals surface area contributed by atoms with Crippen LogP contribution in [-0.2, 0) is 4.79 Å². The van der Waals surface area contributed by atoms with Gasteiger partial charge in [0.2, 0.25) is 0 Å². The third-order valence-corrected chi connectivity index (χ3v) is 3.93. The van der Waals surface area contributed by atoms with Gasteiger partial charge in [-0.1, -0.05) is 6.07 Å². The highest BCUT2D eigenvalue weighted by Gasteiger charge is 2.20. The van der Waals surface area contributed by atoms with Crippen molar-refractivity contribution in [2.75, 3.05) is 20.8 Å². The van der Waals surface area contributed by atoms with Gasteiger partial charge in [0.05, 0.1) is 33.3 Å². The fourth-order valence-electron chi connectivity index (χ4n) is 2.59. The average molecular weight is 373 g/mol. The molecule has 0 radical (unpaired) electrons. The van der Waals surface area contributed by atoms with Gasteiger partial charge in [0.25, 0.3) is 5.91 Å². The molecule has 0 aliphatic carbocycles. The molecule has 7 heteroatoms. The smallest absolute Gasteiger partial charge is 0.305 e. The average Bonchev–Trinajstić information content (AvgIpc) is 2.67. The second kappa shape index (κ2) is 9.47. The van der Waals surface area contributed by atoms with Crippen LogP contribution in [0.15, 0.2) is 42.5 Å². The Bertz CT molecular complexity index is 788. The fraction of sp³-hybridized carbons (Fsp3) is 0.300. The molecule has 2 N–H and O–H groups in total. The zero-order valence-electron chi connectivity index (χ0n) is 15.5. The van der Waals surface area contributed by atoms with Crippen molar-refractivity contribution in [3.05, 3.63) is 53.6 Å². The summed E-state index contributed by atoms with van der Waals surface area (Å²) >= 11 is 0. The van der Waals surface area contributed by atoms with Gasteiger partial charge >= 0.3 is 5.97 Å². The minimum Gasteiger partial charge on any atom is -0.497 e. The number of carbonyl (C=O) groups is 2. The number of hydrogen-bond acceptors (Lipinski definition) is 5. The number of carbonyl (C=O) groups excluding carboxylic acids is 1. The van der Waals surface area contributed by atoms with Gasteiger partial charge < -0.3 is 24.6 Å². The van der Waals surface area contributed by atoms with Crippen molar-refractivity contribution in [3.63, 3.8) is 0 Å². The molecule has 0 fully saturated rings. The van der Waals surface area contributed by atoms with Crippen LogP contribution in [0.1, 0.15) is 35.3 Å². The molecule has 1 amide bonds. The lowest BCUT2D eigenvalue weighted by molar-refractivity contribution is -0.137. The van der Waals surface area contributed by atoms with Gasteiger partial charge in [0.1, 0.15) is 5.75 Å². The molecule has 0 aliphatic heterocycles. The second-order valence-corrected chi connectivity index (χ2v) is 5.70. The van der Waals surface area contributed by atoms with Gasteiger partial charge in [-0.05, 0) is 48.9 Å². The number of ether oxygens (including phenoxy) is 3. The van der Waals surface area contributed by atoms with Crippen molar-refractivity contribution in [1.29, 1.82) is 0 Å². The summed E-state index contributed by atoms with van der Waals surface area (Å²) in [6.45, 7) is 2.33. The van der Waals surface area contributed by atoms with Gasteiger partial charge in [0.15, 0.2) is 11.5 Å². The van der Waals surface area contributed by atoms with E-state index in [1.54, 1.807) is 42.5 Å². The number of nitrogens with one attached hydrogen (secondary N) is 1. The summed E-state index contributed by atoms with van der Waals surface area (Å²) in [5.41, 5.74) is 1.02. The van der Waals surface area contributed by atoms with Crippen molar-refractivity contribution in [2.45, 2.75) is 19.4 Å². The van der Waals surface area contributed by atoms with Crippen molar-refractivity contribution < 1.29 is 28.9 Å². The van der Waals surface area contributed by atoms with Gasteiger partial charge in [-0.15, -0.1) is 0 Å². The Morgan fingerprint density at radius 3 is 2.30 bits per heavy atom. The standard InChI is InChI=1S/C20H23NO6/c1-4-27-17-10-7-14(11-18(17)26-3)16(12-19(22)23)21-20(24)13-5-8-15(25-2)9-6-13/h5-11,16H,4,12H2,1-3H3,(H,21,24)(H,22,23)/t16-/m0/s1. The van der Waals surface area contributed by atoms with Gasteiger partial charge in [0, 0.05) is 5.56 Å². The highest BCUT2D eigenvalue weighted by atomic mass is 16.5. The largest absolute Gasteiger partial charge is 0.497 e. The zero-order valence-corrected chi connectivity index (χ0v) is 15.5. The van der Waals surface area contributed by atoms with Gasteiger partial charge in [-0.3, -0.25) is 9.59 Å². The Morgan fingerprint density at radius 1 is 1.04 bits per heavy atom. The van der Waals surface area contributed by atoms with E-state index >= 15 is 0 Å². The van der Waals surface area contributed by atoms with E-state index in [1.165, 1.54) is 14.2 Å². The number of carboxylic acid groups (broad SMARTS) is 1. The molecule has 7 nitrogen and oxygen atoms in total. The summed E-state index contributed by atoms with van der Waals surface area (Å²) in [5.74, 6) is 0.257. The van der Waals surface area contributed by atoms with E-state index in [0.29, 0.717) is 35.0 Å². The lowest BCUT2D eigenvalue weighted by atomic mass is 10.0. The van der Waals surface area contributed by atoms with Crippen LogP contribution in [0.5, 0.6) is 17.2 Å². The van der Waals surface area contributed by atoms with Crippen LogP contribution >= 0.6 is 0 Å². The first-order valence-electron chi connectivity index (χ1n) is 8.46. The molecule has 2 aromatic carbocycles. The van der Waals surface area contributed by atoms with Crippen LogP contribution in [0.2, 0.25) is 0 Å².